The summed E-state index contributed by atoms with van der Waals surface area (Å²) >= 11 is 0. The molecule has 1 heterocycles. The Bertz CT molecular complexity index is 415. The molecule has 1 rings (SSSR count). The van der Waals surface area contributed by atoms with E-state index in [-0.39, 0.29) is 11.2 Å². The first kappa shape index (κ1) is 11.0. The number of nitrogens with one attached hydrogen (secondary N) is 2. The zero-order valence-corrected chi connectivity index (χ0v) is 9.14. The van der Waals surface area contributed by atoms with Gasteiger partial charge in [0.05, 0.1) is 0 Å². The molecule has 0 saturated carbocycles. The van der Waals surface area contributed by atoms with Crippen LogP contribution in [0.1, 0.15) is 26.5 Å². The van der Waals surface area contributed by atoms with Crippen molar-refractivity contribution in [1.29, 1.82) is 0 Å². The van der Waals surface area contributed by atoms with Gasteiger partial charge in [0.1, 0.15) is 0 Å². The average Bonchev–Trinajstić information content (AvgIpc) is 2.29. The Hall–Kier alpha value is -1.08. The van der Waals surface area contributed by atoms with E-state index >= 15 is 0 Å². The van der Waals surface area contributed by atoms with Gasteiger partial charge in [-0.05, 0) is 0 Å². The lowest BCUT2D eigenvalue weighted by Gasteiger charge is -2.14. The van der Waals surface area contributed by atoms with Gasteiger partial charge in [-0.2, -0.15) is 13.5 Å². The van der Waals surface area contributed by atoms with Crippen LogP contribution in [0.25, 0.3) is 0 Å². The van der Waals surface area contributed by atoms with Crippen LogP contribution in [0, 0.1) is 0 Å². The molecule has 0 radical (unpaired) electrons. The summed E-state index contributed by atoms with van der Waals surface area (Å²) in [6.45, 7) is 5.96. The highest BCUT2D eigenvalue weighted by atomic mass is 32.2. The molecule has 80 valence electrons. The van der Waals surface area contributed by atoms with Gasteiger partial charge in [0.15, 0.2) is 5.82 Å². The highest BCUT2D eigenvalue weighted by Gasteiger charge is 2.17. The lowest BCUT2D eigenvalue weighted by Crippen LogP contribution is -2.21. The maximum Gasteiger partial charge on any atom is 0.297 e. The van der Waals surface area contributed by atoms with E-state index in [1.165, 1.54) is 0 Å². The summed E-state index contributed by atoms with van der Waals surface area (Å²) in [4.78, 5) is 0. The van der Waals surface area contributed by atoms with Crippen molar-refractivity contribution in [3.63, 3.8) is 0 Å². The predicted octanol–water partition coefficient (Wildman–Crippen LogP) is 0.323. The largest absolute Gasteiger partial charge is 0.297 e. The maximum atomic E-state index is 10.7. The average molecular weight is 218 g/mol. The molecule has 0 unspecified atom stereocenters. The van der Waals surface area contributed by atoms with Crippen molar-refractivity contribution in [2.24, 2.45) is 5.14 Å². The van der Waals surface area contributed by atoms with E-state index in [9.17, 15) is 8.42 Å². The summed E-state index contributed by atoms with van der Waals surface area (Å²) in [6, 6.07) is 1.62. The van der Waals surface area contributed by atoms with Crippen LogP contribution in [-0.2, 0) is 15.6 Å². The minimum Gasteiger partial charge on any atom is -0.280 e. The first-order valence-corrected chi connectivity index (χ1v) is 5.59. The summed E-state index contributed by atoms with van der Waals surface area (Å²) in [5.74, 6) is 0.206. The molecule has 0 aliphatic carbocycles. The lowest BCUT2D eigenvalue weighted by atomic mass is 9.92. The van der Waals surface area contributed by atoms with Gasteiger partial charge in [-0.1, -0.05) is 20.8 Å². The van der Waals surface area contributed by atoms with E-state index in [0.717, 1.165) is 5.69 Å². The van der Waals surface area contributed by atoms with E-state index < -0.39 is 10.2 Å². The molecule has 0 aliphatic rings. The monoisotopic (exact) mass is 218 g/mol. The minimum absolute atomic E-state index is 0.106. The fourth-order valence-electron chi connectivity index (χ4n) is 0.904. The van der Waals surface area contributed by atoms with Gasteiger partial charge in [0.2, 0.25) is 0 Å². The van der Waals surface area contributed by atoms with Crippen molar-refractivity contribution in [3.05, 3.63) is 11.8 Å². The highest BCUT2D eigenvalue weighted by Crippen LogP contribution is 2.21. The molecule has 0 fully saturated rings. The van der Waals surface area contributed by atoms with E-state index in [1.54, 1.807) is 6.07 Å². The second-order valence-electron chi connectivity index (χ2n) is 4.06. The zero-order valence-electron chi connectivity index (χ0n) is 8.33. The van der Waals surface area contributed by atoms with Gasteiger partial charge >= 0.3 is 0 Å². The number of anilines is 1. The van der Waals surface area contributed by atoms with Crippen molar-refractivity contribution in [2.45, 2.75) is 26.2 Å². The molecule has 0 atom stereocenters. The van der Waals surface area contributed by atoms with E-state index in [1.807, 2.05) is 20.8 Å². The molecule has 0 aliphatic heterocycles. The van der Waals surface area contributed by atoms with Gasteiger partial charge < -0.3 is 0 Å². The Balaban J connectivity index is 2.90. The first-order chi connectivity index (χ1) is 6.18. The molecule has 0 aromatic carbocycles. The smallest absolute Gasteiger partial charge is 0.280 e. The number of aromatic amines is 1. The van der Waals surface area contributed by atoms with Crippen molar-refractivity contribution < 1.29 is 8.42 Å². The standard InChI is InChI=1S/C7H14N4O2S/c1-7(2,3)5-4-6(10-9-5)11-14(8,12)13/h4H,1-3H3,(H2,8,12,13)(H2,9,10,11). The van der Waals surface area contributed by atoms with Crippen LogP contribution < -0.4 is 9.86 Å². The van der Waals surface area contributed by atoms with Gasteiger partial charge in [-0.25, -0.2) is 5.14 Å². The molecular weight excluding hydrogens is 204 g/mol. The third-order valence-corrected chi connectivity index (χ3v) is 2.13. The van der Waals surface area contributed by atoms with Crippen LogP contribution in [0.5, 0.6) is 0 Å². The van der Waals surface area contributed by atoms with Gasteiger partial charge in [0.25, 0.3) is 10.2 Å². The van der Waals surface area contributed by atoms with Crippen LogP contribution >= 0.6 is 0 Å². The molecular formula is C7H14N4O2S. The molecule has 0 amide bonds. The Morgan fingerprint density at radius 1 is 1.50 bits per heavy atom. The summed E-state index contributed by atoms with van der Waals surface area (Å²) in [5, 5.41) is 11.3. The topological polar surface area (TPSA) is 101 Å². The van der Waals surface area contributed by atoms with Crippen LogP contribution in [0.3, 0.4) is 0 Å². The Kier molecular flexibility index (Phi) is 2.55. The molecule has 1 aromatic heterocycles. The first-order valence-electron chi connectivity index (χ1n) is 4.05. The molecule has 0 saturated heterocycles. The molecule has 4 N–H and O–H groups in total. The Morgan fingerprint density at radius 2 is 2.07 bits per heavy atom. The molecule has 14 heavy (non-hydrogen) atoms. The third-order valence-electron chi connectivity index (χ3n) is 1.63. The van der Waals surface area contributed by atoms with E-state index in [0.29, 0.717) is 0 Å². The van der Waals surface area contributed by atoms with Crippen molar-refractivity contribution in [3.8, 4) is 0 Å². The third kappa shape index (κ3) is 3.00. The zero-order chi connectivity index (χ0) is 11.0. The van der Waals surface area contributed by atoms with Gasteiger partial charge in [0, 0.05) is 17.2 Å². The second-order valence-corrected chi connectivity index (χ2v) is 5.36. The fraction of sp³-hybridized carbons (Fsp3) is 0.571. The van der Waals surface area contributed by atoms with E-state index in [2.05, 4.69) is 14.9 Å². The molecule has 0 spiro atoms. The number of nitrogens with zero attached hydrogens (tertiary/aromatic N) is 1. The quantitative estimate of drug-likeness (QED) is 0.666. The van der Waals surface area contributed by atoms with Crippen molar-refractivity contribution >= 4 is 16.0 Å². The van der Waals surface area contributed by atoms with Crippen LogP contribution in [0.15, 0.2) is 6.07 Å². The van der Waals surface area contributed by atoms with Crippen molar-refractivity contribution in [1.82, 2.24) is 10.2 Å². The molecule has 0 bridgehead atoms. The number of H-pyrrole nitrogens is 1. The molecule has 1 aromatic rings. The predicted molar refractivity (Wildman–Crippen MR) is 54.0 cm³/mol. The number of hydrogen-bond donors (Lipinski definition) is 3. The van der Waals surface area contributed by atoms with Crippen LogP contribution in [-0.4, -0.2) is 18.6 Å². The second kappa shape index (κ2) is 3.25. The van der Waals surface area contributed by atoms with Crippen LogP contribution in [0.2, 0.25) is 0 Å². The minimum atomic E-state index is -3.74. The number of hydrogen-bond acceptors (Lipinski definition) is 3. The summed E-state index contributed by atoms with van der Waals surface area (Å²) in [7, 11) is -3.74. The number of rotatable bonds is 2. The van der Waals surface area contributed by atoms with Crippen molar-refractivity contribution in [2.75, 3.05) is 4.72 Å². The summed E-state index contributed by atoms with van der Waals surface area (Å²) in [5.41, 5.74) is 0.731. The van der Waals surface area contributed by atoms with Crippen LogP contribution in [0.4, 0.5) is 5.82 Å². The fourth-order valence-corrected chi connectivity index (χ4v) is 1.30. The molecule has 7 heteroatoms. The maximum absolute atomic E-state index is 10.7. The normalized spacial score (nSPS) is 12.9. The van der Waals surface area contributed by atoms with Gasteiger partial charge in [-0.3, -0.25) is 9.82 Å². The SMILES string of the molecule is CC(C)(C)c1cc(NS(N)(=O)=O)n[nH]1. The Labute approximate surface area is 83.1 Å². The van der Waals surface area contributed by atoms with E-state index in [4.69, 9.17) is 5.14 Å². The number of aromatic nitrogens is 2. The summed E-state index contributed by atoms with van der Waals surface area (Å²) in [6.07, 6.45) is 0. The highest BCUT2D eigenvalue weighted by molar-refractivity contribution is 7.90. The lowest BCUT2D eigenvalue weighted by molar-refractivity contribution is 0.567. The summed E-state index contributed by atoms with van der Waals surface area (Å²) < 4.78 is 23.4. The Morgan fingerprint density at radius 3 is 2.43 bits per heavy atom. The van der Waals surface area contributed by atoms with Gasteiger partial charge in [-0.15, -0.1) is 0 Å². The molecule has 6 nitrogen and oxygen atoms in total. The number of nitrogens with two attached hydrogens (primary N) is 1.